The molecule has 0 aliphatic rings. The van der Waals surface area contributed by atoms with E-state index < -0.39 is 0 Å². The molecule has 0 aromatic carbocycles. The van der Waals surface area contributed by atoms with Gasteiger partial charge in [0.25, 0.3) is 0 Å². The zero-order valence-corrected chi connectivity index (χ0v) is 13.5. The predicted molar refractivity (Wildman–Crippen MR) is 51.5 cm³/mol. The van der Waals surface area contributed by atoms with Crippen LogP contribution in [-0.4, -0.2) is 4.73 Å². The van der Waals surface area contributed by atoms with E-state index in [1.54, 1.807) is 0 Å². The summed E-state index contributed by atoms with van der Waals surface area (Å²) in [6, 6.07) is 0. The first-order chi connectivity index (χ1) is 5.10. The number of hydrogen-bond donors (Lipinski definition) is 0. The van der Waals surface area contributed by atoms with Crippen LogP contribution in [0.1, 0.15) is 48.0 Å². The molecular weight excluding hydrogens is 355 g/mol. The fourth-order valence-corrected chi connectivity index (χ4v) is 0. The predicted octanol–water partition coefficient (Wildman–Crippen LogP) is 3.51. The Morgan fingerprint density at radius 2 is 1.42 bits per heavy atom. The van der Waals surface area contributed by atoms with Crippen LogP contribution < -0.4 is 0 Å². The van der Waals surface area contributed by atoms with Crippen LogP contribution in [0.4, 0.5) is 0 Å². The summed E-state index contributed by atoms with van der Waals surface area (Å²) in [5.74, 6) is 0.884. The van der Waals surface area contributed by atoms with Gasteiger partial charge in [0.1, 0.15) is 0 Å². The minimum Gasteiger partial charge on any atom is -0.335 e. The molecule has 0 fully saturated rings. The Hall–Kier alpha value is 1.14. The third-order valence-electron chi connectivity index (χ3n) is 0.816. The summed E-state index contributed by atoms with van der Waals surface area (Å²) in [5, 5.41) is 0. The molecule has 0 saturated heterocycles. The van der Waals surface area contributed by atoms with Gasteiger partial charge in [0, 0.05) is 0 Å². The van der Waals surface area contributed by atoms with Gasteiger partial charge in [0.2, 0.25) is 0 Å². The van der Waals surface area contributed by atoms with Crippen molar-refractivity contribution < 1.29 is 38.0 Å². The molecule has 0 bridgehead atoms. The van der Waals surface area contributed by atoms with Gasteiger partial charge in [-0.3, -0.25) is 0 Å². The smallest absolute Gasteiger partial charge is 0.335 e. The summed E-state index contributed by atoms with van der Waals surface area (Å²) in [4.78, 5) is 0. The van der Waals surface area contributed by atoms with Gasteiger partial charge in [-0.25, -0.2) is 0 Å². The van der Waals surface area contributed by atoms with E-state index in [0.29, 0.717) is 0 Å². The molecular formula is C10H22VW. The van der Waals surface area contributed by atoms with E-state index in [4.69, 9.17) is 0 Å². The topological polar surface area (TPSA) is 0 Å². The van der Waals surface area contributed by atoms with E-state index in [-0.39, 0.29) is 21.1 Å². The number of hydrogen-bond acceptors (Lipinski definition) is 0. The standard InChI is InChI=1S/C5H12.C3H7.C2H3.V.W/c1-4-5(2)3;1-3-2;1-2;;/h5H,4H2,1-3H3;3H,1-2H3;1H3;;/q;2*-1;;+2. The first-order valence-corrected chi connectivity index (χ1v) is 4.85. The molecule has 2 heteroatoms. The van der Waals surface area contributed by atoms with Crippen molar-refractivity contribution >= 4 is 4.73 Å². The van der Waals surface area contributed by atoms with E-state index in [2.05, 4.69) is 42.5 Å². The maximum absolute atomic E-state index is 2.69. The summed E-state index contributed by atoms with van der Waals surface area (Å²) < 4.78 is 2.69. The van der Waals surface area contributed by atoms with Crippen LogP contribution in [0, 0.1) is 12.3 Å². The van der Waals surface area contributed by atoms with Crippen molar-refractivity contribution in [1.82, 2.24) is 0 Å². The molecule has 0 rings (SSSR count). The van der Waals surface area contributed by atoms with Crippen LogP contribution in [-0.2, 0) is 38.0 Å². The summed E-state index contributed by atoms with van der Waals surface area (Å²) in [6.45, 7) is 12.5. The summed E-state index contributed by atoms with van der Waals surface area (Å²) in [7, 11) is 0. The number of rotatable bonds is 1. The Kier molecular flexibility index (Phi) is 57.1. The third-order valence-corrected chi connectivity index (χ3v) is 0.816. The largest absolute Gasteiger partial charge is 2.00 e. The van der Waals surface area contributed by atoms with Crippen LogP contribution in [0.5, 0.6) is 0 Å². The van der Waals surface area contributed by atoms with Gasteiger partial charge in [-0.15, -0.1) is 0 Å². The molecule has 0 radical (unpaired) electrons. The van der Waals surface area contributed by atoms with Crippen LogP contribution >= 0.6 is 0 Å². The van der Waals surface area contributed by atoms with Crippen molar-refractivity contribution in [3.05, 3.63) is 6.42 Å². The van der Waals surface area contributed by atoms with Gasteiger partial charge in [0.15, 0.2) is 0 Å². The minimum atomic E-state index is 0. The minimum absolute atomic E-state index is 0. The maximum Gasteiger partial charge on any atom is 2.00 e. The molecule has 0 amide bonds. The molecule has 0 aliphatic carbocycles. The van der Waals surface area contributed by atoms with Crippen molar-refractivity contribution in [1.29, 1.82) is 0 Å². The fraction of sp³-hybridized carbons (Fsp3) is 0.800. The Labute approximate surface area is 103 Å². The quantitative estimate of drug-likeness (QED) is 0.614. The SMILES string of the molecule is CCC(C)C.C[C-]=[V].C[CH-]C.[W+2]. The average Bonchev–Trinajstić information content (AvgIpc) is 1.91. The molecule has 0 aromatic heterocycles. The van der Waals surface area contributed by atoms with E-state index in [1.807, 2.05) is 27.2 Å². The van der Waals surface area contributed by atoms with Crippen LogP contribution in [0.25, 0.3) is 0 Å². The summed E-state index contributed by atoms with van der Waals surface area (Å²) >= 11 is 2.22. The Balaban J connectivity index is -0.0000000406. The Bertz CT molecular complexity index is 53.8. The molecule has 0 atom stereocenters. The molecule has 0 heterocycles. The van der Waals surface area contributed by atoms with Crippen molar-refractivity contribution in [2.24, 2.45) is 5.92 Å². The van der Waals surface area contributed by atoms with Crippen molar-refractivity contribution in [3.8, 4) is 0 Å². The monoisotopic (exact) mass is 377 g/mol. The summed E-state index contributed by atoms with van der Waals surface area (Å²) in [5.41, 5.74) is 0. The molecule has 0 unspecified atom stereocenters. The van der Waals surface area contributed by atoms with Crippen molar-refractivity contribution in [2.75, 3.05) is 0 Å². The van der Waals surface area contributed by atoms with E-state index in [0.717, 1.165) is 5.92 Å². The van der Waals surface area contributed by atoms with E-state index >= 15 is 0 Å². The summed E-state index contributed by atoms with van der Waals surface area (Å²) in [6.07, 6.45) is 3.31. The van der Waals surface area contributed by atoms with Crippen molar-refractivity contribution in [2.45, 2.75) is 48.0 Å². The van der Waals surface area contributed by atoms with Gasteiger partial charge in [-0.2, -0.15) is 13.8 Å². The molecule has 0 nitrogen and oxygen atoms in total. The Morgan fingerprint density at radius 3 is 1.42 bits per heavy atom. The molecule has 0 saturated carbocycles. The second-order valence-corrected chi connectivity index (χ2v) is 3.30. The van der Waals surface area contributed by atoms with Crippen molar-refractivity contribution in [3.63, 3.8) is 0 Å². The first-order valence-electron chi connectivity index (χ1n) is 4.15. The molecule has 0 aromatic rings. The fourth-order valence-electron chi connectivity index (χ4n) is 0. The van der Waals surface area contributed by atoms with Crippen LogP contribution in [0.2, 0.25) is 0 Å². The van der Waals surface area contributed by atoms with Crippen LogP contribution in [0.15, 0.2) is 0 Å². The maximum atomic E-state index is 2.69. The normalized spacial score (nSPS) is 6.50. The zero-order chi connectivity index (χ0) is 9.70. The second kappa shape index (κ2) is 29.6. The first kappa shape index (κ1) is 23.2. The van der Waals surface area contributed by atoms with Gasteiger partial charge >= 0.3 is 49.7 Å². The molecule has 0 spiro atoms. The second-order valence-electron chi connectivity index (χ2n) is 2.60. The zero-order valence-electron chi connectivity index (χ0n) is 9.22. The van der Waals surface area contributed by atoms with Crippen LogP contribution in [0.3, 0.4) is 0 Å². The molecule has 0 N–H and O–H groups in total. The average molecular weight is 377 g/mol. The van der Waals surface area contributed by atoms with Gasteiger partial charge in [-0.1, -0.05) is 27.2 Å². The molecule has 73 valence electrons. The Morgan fingerprint density at radius 1 is 1.33 bits per heavy atom. The van der Waals surface area contributed by atoms with Gasteiger partial charge in [-0.05, 0) is 5.92 Å². The van der Waals surface area contributed by atoms with Gasteiger partial charge < -0.3 is 6.42 Å². The van der Waals surface area contributed by atoms with E-state index in [1.165, 1.54) is 6.42 Å². The van der Waals surface area contributed by atoms with Gasteiger partial charge in [0.05, 0.1) is 0 Å². The molecule has 0 aliphatic heterocycles. The molecule has 12 heavy (non-hydrogen) atoms. The van der Waals surface area contributed by atoms with E-state index in [9.17, 15) is 0 Å². The third kappa shape index (κ3) is 116.